The fraction of sp³-hybridized carbons (Fsp3) is 0.739. The van der Waals surface area contributed by atoms with E-state index in [-0.39, 0.29) is 18.3 Å². The molecule has 4 atom stereocenters. The van der Waals surface area contributed by atoms with E-state index in [9.17, 15) is 19.8 Å². The SMILES string of the molecule is CCCCCC(O)C=CC1C(C(=O)O)CC2(OCCO2)C1CC=CCCCC(=O)O. The van der Waals surface area contributed by atoms with E-state index in [1.54, 1.807) is 6.08 Å². The fourth-order valence-electron chi connectivity index (χ4n) is 4.52. The number of carboxylic acids is 2. The van der Waals surface area contributed by atoms with E-state index in [1.165, 1.54) is 0 Å². The number of hydrogen-bond donors (Lipinski definition) is 3. The lowest BCUT2D eigenvalue weighted by molar-refractivity contribution is -0.185. The van der Waals surface area contributed by atoms with Crippen molar-refractivity contribution in [2.45, 2.75) is 76.6 Å². The van der Waals surface area contributed by atoms with Crippen LogP contribution >= 0.6 is 0 Å². The third kappa shape index (κ3) is 6.93. The molecule has 1 aliphatic heterocycles. The molecule has 3 N–H and O–H groups in total. The lowest BCUT2D eigenvalue weighted by Gasteiger charge is -2.30. The Hall–Kier alpha value is -1.70. The number of hydrogen-bond acceptors (Lipinski definition) is 5. The minimum Gasteiger partial charge on any atom is -0.481 e. The lowest BCUT2D eigenvalue weighted by atomic mass is 9.85. The largest absolute Gasteiger partial charge is 0.481 e. The summed E-state index contributed by atoms with van der Waals surface area (Å²) in [5.41, 5.74) is 0. The average molecular weight is 425 g/mol. The van der Waals surface area contributed by atoms with Gasteiger partial charge < -0.3 is 24.8 Å². The first-order valence-electron chi connectivity index (χ1n) is 11.1. The Balaban J connectivity index is 2.08. The number of rotatable bonds is 13. The molecule has 4 unspecified atom stereocenters. The molecule has 0 aromatic heterocycles. The molecule has 2 fully saturated rings. The monoisotopic (exact) mass is 424 g/mol. The average Bonchev–Trinajstić information content (AvgIpc) is 3.28. The Kier molecular flexibility index (Phi) is 10.0. The van der Waals surface area contributed by atoms with Gasteiger partial charge in [0.1, 0.15) is 0 Å². The molecule has 2 rings (SSSR count). The molecule has 7 heteroatoms. The standard InChI is InChI=1S/C23H36O7/c1-2-3-6-9-17(24)12-13-18-19(22(27)28)16-23(29-14-15-30-23)20(18)10-7-4-5-8-11-21(25)26/h4,7,12-13,17-20,24H,2-3,5-6,8-11,14-16H2,1H3,(H,25,26)(H,27,28). The molecule has 1 saturated heterocycles. The molecule has 0 aromatic carbocycles. The zero-order chi connectivity index (χ0) is 22.0. The van der Waals surface area contributed by atoms with Crippen molar-refractivity contribution in [3.8, 4) is 0 Å². The molecule has 0 amide bonds. The summed E-state index contributed by atoms with van der Waals surface area (Å²) in [5.74, 6) is -3.69. The molecule has 7 nitrogen and oxygen atoms in total. The van der Waals surface area contributed by atoms with Crippen molar-refractivity contribution in [3.05, 3.63) is 24.3 Å². The van der Waals surface area contributed by atoms with Crippen molar-refractivity contribution in [1.82, 2.24) is 0 Å². The molecule has 1 aliphatic carbocycles. The van der Waals surface area contributed by atoms with Crippen molar-refractivity contribution >= 4 is 11.9 Å². The first-order chi connectivity index (χ1) is 14.4. The van der Waals surface area contributed by atoms with Crippen LogP contribution in [0.5, 0.6) is 0 Å². The molecule has 1 heterocycles. The zero-order valence-corrected chi connectivity index (χ0v) is 17.9. The summed E-state index contributed by atoms with van der Waals surface area (Å²) in [6.07, 6.45) is 12.9. The van der Waals surface area contributed by atoms with Crippen LogP contribution in [0.1, 0.15) is 64.7 Å². The molecule has 0 aromatic rings. The summed E-state index contributed by atoms with van der Waals surface area (Å²) >= 11 is 0. The molecule has 1 spiro atoms. The van der Waals surface area contributed by atoms with Crippen LogP contribution in [0, 0.1) is 17.8 Å². The summed E-state index contributed by atoms with van der Waals surface area (Å²) < 4.78 is 11.9. The van der Waals surface area contributed by atoms with Crippen LogP contribution in [0.25, 0.3) is 0 Å². The van der Waals surface area contributed by atoms with Gasteiger partial charge in [-0.15, -0.1) is 0 Å². The van der Waals surface area contributed by atoms with Gasteiger partial charge in [-0.3, -0.25) is 9.59 Å². The molecule has 30 heavy (non-hydrogen) atoms. The third-order valence-electron chi connectivity index (χ3n) is 6.07. The second-order valence-corrected chi connectivity index (χ2v) is 8.28. The summed E-state index contributed by atoms with van der Waals surface area (Å²) in [4.78, 5) is 22.6. The lowest BCUT2D eigenvalue weighted by Crippen LogP contribution is -2.36. The highest BCUT2D eigenvalue weighted by atomic mass is 16.7. The molecule has 2 aliphatic rings. The second kappa shape index (κ2) is 12.2. The van der Waals surface area contributed by atoms with Gasteiger partial charge >= 0.3 is 11.9 Å². The number of carbonyl (C=O) groups is 2. The summed E-state index contributed by atoms with van der Waals surface area (Å²) in [5, 5.41) is 28.8. The van der Waals surface area contributed by atoms with Crippen LogP contribution in [-0.4, -0.2) is 52.4 Å². The van der Waals surface area contributed by atoms with Gasteiger partial charge in [0.05, 0.1) is 25.2 Å². The van der Waals surface area contributed by atoms with E-state index >= 15 is 0 Å². The number of ether oxygens (including phenoxy) is 2. The Morgan fingerprint density at radius 2 is 1.87 bits per heavy atom. The van der Waals surface area contributed by atoms with Crippen molar-refractivity contribution in [3.63, 3.8) is 0 Å². The Morgan fingerprint density at radius 1 is 1.13 bits per heavy atom. The maximum atomic E-state index is 12.0. The van der Waals surface area contributed by atoms with Crippen molar-refractivity contribution in [2.24, 2.45) is 17.8 Å². The van der Waals surface area contributed by atoms with Gasteiger partial charge in [-0.05, 0) is 31.6 Å². The maximum Gasteiger partial charge on any atom is 0.307 e. The third-order valence-corrected chi connectivity index (χ3v) is 6.07. The second-order valence-electron chi connectivity index (χ2n) is 8.28. The van der Waals surface area contributed by atoms with Gasteiger partial charge in [-0.1, -0.05) is 50.5 Å². The van der Waals surface area contributed by atoms with Crippen LogP contribution in [0.2, 0.25) is 0 Å². The molecular weight excluding hydrogens is 388 g/mol. The predicted octanol–water partition coefficient (Wildman–Crippen LogP) is 3.77. The van der Waals surface area contributed by atoms with Gasteiger partial charge in [-0.25, -0.2) is 0 Å². The fourth-order valence-corrected chi connectivity index (χ4v) is 4.52. The Morgan fingerprint density at radius 3 is 2.50 bits per heavy atom. The van der Waals surface area contributed by atoms with Crippen LogP contribution < -0.4 is 0 Å². The van der Waals surface area contributed by atoms with Crippen LogP contribution in [0.4, 0.5) is 0 Å². The van der Waals surface area contributed by atoms with Gasteiger partial charge in [0, 0.05) is 18.8 Å². The number of allylic oxidation sites excluding steroid dienone is 3. The highest BCUT2D eigenvalue weighted by Crippen LogP contribution is 2.51. The number of aliphatic hydroxyl groups excluding tert-OH is 1. The number of unbranched alkanes of at least 4 members (excludes halogenated alkanes) is 3. The molecule has 0 bridgehead atoms. The van der Waals surface area contributed by atoms with E-state index in [1.807, 2.05) is 18.2 Å². The summed E-state index contributed by atoms with van der Waals surface area (Å²) in [6.45, 7) is 3.00. The normalized spacial score (nSPS) is 26.8. The molecule has 0 radical (unpaired) electrons. The maximum absolute atomic E-state index is 12.0. The van der Waals surface area contributed by atoms with Crippen molar-refractivity contribution < 1.29 is 34.4 Å². The van der Waals surface area contributed by atoms with Crippen molar-refractivity contribution in [2.75, 3.05) is 13.2 Å². The predicted molar refractivity (Wildman–Crippen MR) is 112 cm³/mol. The molecular formula is C23H36O7. The van der Waals surface area contributed by atoms with Crippen LogP contribution in [0.15, 0.2) is 24.3 Å². The van der Waals surface area contributed by atoms with Crippen LogP contribution in [-0.2, 0) is 19.1 Å². The van der Waals surface area contributed by atoms with Gasteiger partial charge in [0.2, 0.25) is 0 Å². The minimum atomic E-state index is -0.906. The number of aliphatic hydroxyl groups is 1. The summed E-state index contributed by atoms with van der Waals surface area (Å²) in [6, 6.07) is 0. The first-order valence-corrected chi connectivity index (χ1v) is 11.1. The number of carboxylic acid groups (broad SMARTS) is 2. The quantitative estimate of drug-likeness (QED) is 0.305. The Labute approximate surface area is 178 Å². The topological polar surface area (TPSA) is 113 Å². The highest BCUT2D eigenvalue weighted by Gasteiger charge is 2.58. The van der Waals surface area contributed by atoms with E-state index in [2.05, 4.69) is 6.92 Å². The van der Waals surface area contributed by atoms with Gasteiger partial charge in [0.25, 0.3) is 0 Å². The Bertz CT molecular complexity index is 607. The minimum absolute atomic E-state index is 0.131. The van der Waals surface area contributed by atoms with Crippen molar-refractivity contribution in [1.29, 1.82) is 0 Å². The van der Waals surface area contributed by atoms with E-state index in [0.29, 0.717) is 45.3 Å². The highest BCUT2D eigenvalue weighted by molar-refractivity contribution is 5.71. The van der Waals surface area contributed by atoms with E-state index in [4.69, 9.17) is 14.6 Å². The summed E-state index contributed by atoms with van der Waals surface area (Å²) in [7, 11) is 0. The van der Waals surface area contributed by atoms with Crippen LogP contribution in [0.3, 0.4) is 0 Å². The van der Waals surface area contributed by atoms with E-state index < -0.39 is 29.7 Å². The number of aliphatic carboxylic acids is 2. The zero-order valence-electron chi connectivity index (χ0n) is 17.9. The van der Waals surface area contributed by atoms with Gasteiger partial charge in [-0.2, -0.15) is 0 Å². The molecule has 1 saturated carbocycles. The molecule has 170 valence electrons. The van der Waals surface area contributed by atoms with E-state index in [0.717, 1.165) is 19.3 Å². The van der Waals surface area contributed by atoms with Gasteiger partial charge in [0.15, 0.2) is 5.79 Å². The smallest absolute Gasteiger partial charge is 0.307 e. The first kappa shape index (κ1) is 24.6.